The smallest absolute Gasteiger partial charge is 0.243 e. The minimum Gasteiger partial charge on any atom is -0.279 e. The number of aromatic nitrogens is 2. The second kappa shape index (κ2) is 4.90. The third-order valence-corrected chi connectivity index (χ3v) is 2.77. The summed E-state index contributed by atoms with van der Waals surface area (Å²) >= 11 is 11.2. The van der Waals surface area contributed by atoms with Gasteiger partial charge in [0.05, 0.1) is 5.69 Å². The maximum Gasteiger partial charge on any atom is 0.243 e. The van der Waals surface area contributed by atoms with Crippen LogP contribution in [0, 0.1) is 6.92 Å². The number of rotatable bonds is 3. The Labute approximate surface area is 109 Å². The molecule has 0 fully saturated rings. The van der Waals surface area contributed by atoms with Crippen LogP contribution < -0.4 is 0 Å². The highest BCUT2D eigenvalue weighted by Gasteiger charge is 2.08. The highest BCUT2D eigenvalue weighted by Crippen LogP contribution is 2.21. The molecule has 17 heavy (non-hydrogen) atoms. The molecule has 0 aliphatic carbocycles. The van der Waals surface area contributed by atoms with Gasteiger partial charge in [0.2, 0.25) is 5.24 Å². The Morgan fingerprint density at radius 1 is 1.35 bits per heavy atom. The summed E-state index contributed by atoms with van der Waals surface area (Å²) < 4.78 is 1.58. The van der Waals surface area contributed by atoms with E-state index in [4.69, 9.17) is 23.2 Å². The maximum absolute atomic E-state index is 10.8. The van der Waals surface area contributed by atoms with Crippen LogP contribution in [0.2, 0.25) is 5.02 Å². The van der Waals surface area contributed by atoms with E-state index in [1.54, 1.807) is 16.8 Å². The quantitative estimate of drug-likeness (QED) is 0.801. The average Bonchev–Trinajstić information content (AvgIpc) is 2.60. The van der Waals surface area contributed by atoms with Crippen LogP contribution >= 0.6 is 23.2 Å². The number of carbonyl (C=O) groups excluding carboxylic acids is 1. The Balaban J connectivity index is 2.34. The van der Waals surface area contributed by atoms with Crippen LogP contribution in [-0.2, 0) is 11.3 Å². The fourth-order valence-corrected chi connectivity index (χ4v) is 1.79. The lowest BCUT2D eigenvalue weighted by molar-refractivity contribution is -0.112. The Hall–Kier alpha value is -1.32. The molecule has 0 unspecified atom stereocenters. The number of aryl methyl sites for hydroxylation is 1. The van der Waals surface area contributed by atoms with Gasteiger partial charge in [-0.25, -0.2) is 0 Å². The average molecular weight is 269 g/mol. The van der Waals surface area contributed by atoms with Crippen molar-refractivity contribution in [2.75, 3.05) is 0 Å². The fourth-order valence-electron chi connectivity index (χ4n) is 1.55. The van der Waals surface area contributed by atoms with E-state index in [0.717, 1.165) is 17.0 Å². The summed E-state index contributed by atoms with van der Waals surface area (Å²) in [6.07, 6.45) is 0. The first kappa shape index (κ1) is 12.1. The summed E-state index contributed by atoms with van der Waals surface area (Å²) in [6.45, 7) is 1.97. The minimum atomic E-state index is -0.432. The molecule has 5 heteroatoms. The van der Waals surface area contributed by atoms with Crippen LogP contribution in [0.5, 0.6) is 0 Å². The van der Waals surface area contributed by atoms with E-state index in [0.29, 0.717) is 5.02 Å². The fraction of sp³-hybridized carbons (Fsp3) is 0.167. The molecule has 0 amide bonds. The van der Waals surface area contributed by atoms with Crippen molar-refractivity contribution in [1.82, 2.24) is 9.78 Å². The first-order valence-corrected chi connectivity index (χ1v) is 5.80. The van der Waals surface area contributed by atoms with Crippen molar-refractivity contribution >= 4 is 28.4 Å². The van der Waals surface area contributed by atoms with Crippen molar-refractivity contribution in [3.63, 3.8) is 0 Å². The lowest BCUT2D eigenvalue weighted by Gasteiger charge is -1.98. The molecular weight excluding hydrogens is 259 g/mol. The molecule has 0 radical (unpaired) electrons. The maximum atomic E-state index is 10.8. The topological polar surface area (TPSA) is 34.9 Å². The van der Waals surface area contributed by atoms with E-state index >= 15 is 0 Å². The zero-order valence-corrected chi connectivity index (χ0v) is 10.7. The molecule has 0 aliphatic rings. The summed E-state index contributed by atoms with van der Waals surface area (Å²) in [7, 11) is 0. The summed E-state index contributed by atoms with van der Waals surface area (Å²) in [6, 6.07) is 9.28. The molecule has 1 heterocycles. The van der Waals surface area contributed by atoms with Crippen molar-refractivity contribution in [3.05, 3.63) is 41.0 Å². The Bertz CT molecular complexity index is 546. The summed E-state index contributed by atoms with van der Waals surface area (Å²) in [5.74, 6) is 0. The lowest BCUT2D eigenvalue weighted by atomic mass is 10.1. The Kier molecular flexibility index (Phi) is 3.50. The number of halogens is 2. The van der Waals surface area contributed by atoms with Gasteiger partial charge in [0, 0.05) is 16.3 Å². The molecule has 1 aromatic heterocycles. The highest BCUT2D eigenvalue weighted by atomic mass is 35.5. The van der Waals surface area contributed by atoms with Crippen molar-refractivity contribution in [3.8, 4) is 11.3 Å². The van der Waals surface area contributed by atoms with Gasteiger partial charge in [-0.15, -0.1) is 0 Å². The van der Waals surface area contributed by atoms with Gasteiger partial charge in [-0.3, -0.25) is 9.48 Å². The van der Waals surface area contributed by atoms with Crippen LogP contribution in [-0.4, -0.2) is 15.0 Å². The largest absolute Gasteiger partial charge is 0.279 e. The monoisotopic (exact) mass is 268 g/mol. The van der Waals surface area contributed by atoms with Gasteiger partial charge in [0.1, 0.15) is 6.54 Å². The first-order chi connectivity index (χ1) is 8.06. The van der Waals surface area contributed by atoms with E-state index in [9.17, 15) is 4.79 Å². The molecule has 2 aromatic rings. The number of nitrogens with zero attached hydrogens (tertiary/aromatic N) is 2. The van der Waals surface area contributed by atoms with Gasteiger partial charge in [-0.05, 0) is 36.7 Å². The number of carbonyl (C=O) groups is 1. The molecule has 0 bridgehead atoms. The van der Waals surface area contributed by atoms with E-state index in [1.165, 1.54) is 0 Å². The van der Waals surface area contributed by atoms with Gasteiger partial charge in [0.15, 0.2) is 0 Å². The zero-order valence-electron chi connectivity index (χ0n) is 9.15. The van der Waals surface area contributed by atoms with Crippen LogP contribution in [0.25, 0.3) is 11.3 Å². The molecule has 3 nitrogen and oxygen atoms in total. The van der Waals surface area contributed by atoms with Crippen LogP contribution in [0.15, 0.2) is 30.3 Å². The van der Waals surface area contributed by atoms with E-state index in [-0.39, 0.29) is 6.54 Å². The second-order valence-electron chi connectivity index (χ2n) is 3.69. The number of benzene rings is 1. The van der Waals surface area contributed by atoms with E-state index in [2.05, 4.69) is 5.10 Å². The van der Waals surface area contributed by atoms with E-state index < -0.39 is 5.24 Å². The third kappa shape index (κ3) is 2.87. The highest BCUT2D eigenvalue weighted by molar-refractivity contribution is 6.63. The van der Waals surface area contributed by atoms with Gasteiger partial charge in [-0.1, -0.05) is 23.7 Å². The molecule has 0 spiro atoms. The first-order valence-electron chi connectivity index (χ1n) is 5.05. The van der Waals surface area contributed by atoms with Crippen LogP contribution in [0.1, 0.15) is 5.69 Å². The molecule has 0 N–H and O–H groups in total. The molecule has 1 aromatic carbocycles. The van der Waals surface area contributed by atoms with Crippen LogP contribution in [0.3, 0.4) is 0 Å². The summed E-state index contributed by atoms with van der Waals surface area (Å²) in [5.41, 5.74) is 2.65. The summed E-state index contributed by atoms with van der Waals surface area (Å²) in [5, 5.41) is 4.57. The van der Waals surface area contributed by atoms with Crippen LogP contribution in [0.4, 0.5) is 0 Å². The lowest BCUT2D eigenvalue weighted by Crippen LogP contribution is -2.07. The van der Waals surface area contributed by atoms with Gasteiger partial charge in [-0.2, -0.15) is 5.10 Å². The second-order valence-corrected chi connectivity index (χ2v) is 4.55. The number of hydrogen-bond donors (Lipinski definition) is 0. The molecule has 88 valence electrons. The Morgan fingerprint density at radius 2 is 2.00 bits per heavy atom. The standard InChI is InChI=1S/C12H10Cl2N2O/c1-8-6-11(15-16(8)7-12(14)17)9-2-4-10(13)5-3-9/h2-6H,7H2,1H3. The summed E-state index contributed by atoms with van der Waals surface area (Å²) in [4.78, 5) is 10.8. The predicted octanol–water partition coefficient (Wildman–Crippen LogP) is 3.28. The SMILES string of the molecule is Cc1cc(-c2ccc(Cl)cc2)nn1CC(=O)Cl. The van der Waals surface area contributed by atoms with E-state index in [1.807, 2.05) is 25.1 Å². The van der Waals surface area contributed by atoms with Crippen molar-refractivity contribution in [1.29, 1.82) is 0 Å². The molecule has 0 saturated heterocycles. The normalized spacial score (nSPS) is 10.5. The molecule has 2 rings (SSSR count). The third-order valence-electron chi connectivity index (χ3n) is 2.40. The van der Waals surface area contributed by atoms with Gasteiger partial charge < -0.3 is 0 Å². The van der Waals surface area contributed by atoms with Crippen molar-refractivity contribution in [2.45, 2.75) is 13.5 Å². The van der Waals surface area contributed by atoms with Crippen molar-refractivity contribution < 1.29 is 4.79 Å². The number of hydrogen-bond acceptors (Lipinski definition) is 2. The predicted molar refractivity (Wildman–Crippen MR) is 68.3 cm³/mol. The zero-order chi connectivity index (χ0) is 12.4. The minimum absolute atomic E-state index is 0.0843. The van der Waals surface area contributed by atoms with Gasteiger partial charge in [0.25, 0.3) is 0 Å². The van der Waals surface area contributed by atoms with Crippen molar-refractivity contribution in [2.24, 2.45) is 0 Å². The molecule has 0 saturated carbocycles. The molecule has 0 aliphatic heterocycles. The molecule has 0 atom stereocenters. The Morgan fingerprint density at radius 3 is 2.59 bits per heavy atom. The van der Waals surface area contributed by atoms with Gasteiger partial charge >= 0.3 is 0 Å². The molecular formula is C12H10Cl2N2O.